The molecule has 21 heavy (non-hydrogen) atoms. The van der Waals surface area contributed by atoms with Crippen LogP contribution in [-0.4, -0.2) is 31.7 Å². The number of nitrogens with one attached hydrogen (secondary N) is 1. The maximum Gasteiger partial charge on any atom is 0.338 e. The summed E-state index contributed by atoms with van der Waals surface area (Å²) in [6.45, 7) is 5.89. The molecule has 2 atom stereocenters. The Kier molecular flexibility index (Phi) is 3.57. The van der Waals surface area contributed by atoms with E-state index in [1.807, 2.05) is 13.0 Å². The number of nitrogens with zero attached hydrogens (tertiary/aromatic N) is 1. The van der Waals surface area contributed by atoms with E-state index in [9.17, 15) is 9.59 Å². The Morgan fingerprint density at radius 3 is 2.81 bits per heavy atom. The molecule has 1 saturated carbocycles. The Labute approximate surface area is 124 Å². The molecule has 1 aliphatic carbocycles. The molecule has 5 nitrogen and oxygen atoms in total. The number of urea groups is 1. The van der Waals surface area contributed by atoms with Crippen LogP contribution in [0.2, 0.25) is 0 Å². The maximum absolute atomic E-state index is 12.0. The van der Waals surface area contributed by atoms with Gasteiger partial charge in [0.2, 0.25) is 0 Å². The second-order valence-electron chi connectivity index (χ2n) is 5.96. The second kappa shape index (κ2) is 5.39. The number of carbonyl (C=O) groups is 2. The molecular formula is C16H20N2O3. The van der Waals surface area contributed by atoms with Crippen molar-refractivity contribution in [3.8, 4) is 0 Å². The van der Waals surface area contributed by atoms with E-state index in [-0.39, 0.29) is 12.0 Å². The van der Waals surface area contributed by atoms with Crippen LogP contribution in [0.1, 0.15) is 29.3 Å². The van der Waals surface area contributed by atoms with Crippen molar-refractivity contribution in [3.63, 3.8) is 0 Å². The summed E-state index contributed by atoms with van der Waals surface area (Å²) >= 11 is 0. The largest absolute Gasteiger partial charge is 0.462 e. The zero-order valence-electron chi connectivity index (χ0n) is 12.4. The van der Waals surface area contributed by atoms with Gasteiger partial charge in [0.25, 0.3) is 0 Å². The molecule has 0 spiro atoms. The number of esters is 1. The van der Waals surface area contributed by atoms with Crippen molar-refractivity contribution in [2.45, 2.75) is 20.3 Å². The molecule has 5 heteroatoms. The van der Waals surface area contributed by atoms with Gasteiger partial charge in [-0.15, -0.1) is 0 Å². The number of ether oxygens (including phenoxy) is 1. The molecule has 1 aromatic rings. The smallest absolute Gasteiger partial charge is 0.338 e. The van der Waals surface area contributed by atoms with Crippen LogP contribution in [0, 0.1) is 18.8 Å². The van der Waals surface area contributed by atoms with Gasteiger partial charge >= 0.3 is 12.0 Å². The Hall–Kier alpha value is -2.04. The molecule has 0 radical (unpaired) electrons. The van der Waals surface area contributed by atoms with Crippen molar-refractivity contribution in [1.82, 2.24) is 5.32 Å². The standard InChI is InChI=1S/C16H20N2O3/c1-10-7-13(10)9-21-15(19)12-3-4-14(11(2)8-12)18-6-5-17-16(18)20/h3-4,8,10,13H,5-7,9H2,1-2H3,(H,17,20)/t10-,13+/m1/s1. The first-order chi connectivity index (χ1) is 10.1. The maximum atomic E-state index is 12.0. The predicted octanol–water partition coefficient (Wildman–Crippen LogP) is 2.34. The normalized spacial score (nSPS) is 23.9. The minimum atomic E-state index is -0.283. The number of benzene rings is 1. The quantitative estimate of drug-likeness (QED) is 0.865. The van der Waals surface area contributed by atoms with Crippen LogP contribution in [0.25, 0.3) is 0 Å². The fourth-order valence-electron chi connectivity index (χ4n) is 2.68. The zero-order valence-corrected chi connectivity index (χ0v) is 12.4. The fraction of sp³-hybridized carbons (Fsp3) is 0.500. The summed E-state index contributed by atoms with van der Waals surface area (Å²) in [4.78, 5) is 25.4. The number of hydrogen-bond acceptors (Lipinski definition) is 3. The summed E-state index contributed by atoms with van der Waals surface area (Å²) in [5, 5.41) is 2.77. The molecule has 3 rings (SSSR count). The number of hydrogen-bond donors (Lipinski definition) is 1. The lowest BCUT2D eigenvalue weighted by atomic mass is 10.1. The fourth-order valence-corrected chi connectivity index (χ4v) is 2.68. The molecule has 1 N–H and O–H groups in total. The van der Waals surface area contributed by atoms with Gasteiger partial charge in [-0.3, -0.25) is 4.90 Å². The van der Waals surface area contributed by atoms with Crippen LogP contribution in [0.3, 0.4) is 0 Å². The van der Waals surface area contributed by atoms with Gasteiger partial charge in [-0.25, -0.2) is 9.59 Å². The number of amides is 2. The van der Waals surface area contributed by atoms with Crippen LogP contribution >= 0.6 is 0 Å². The molecule has 0 aromatic heterocycles. The lowest BCUT2D eigenvalue weighted by Crippen LogP contribution is -2.28. The molecule has 1 saturated heterocycles. The minimum Gasteiger partial charge on any atom is -0.462 e. The Morgan fingerprint density at radius 2 is 2.24 bits per heavy atom. The highest BCUT2D eigenvalue weighted by molar-refractivity contribution is 5.96. The van der Waals surface area contributed by atoms with E-state index in [1.165, 1.54) is 0 Å². The van der Waals surface area contributed by atoms with Gasteiger partial charge in [0, 0.05) is 18.8 Å². The molecule has 1 heterocycles. The summed E-state index contributed by atoms with van der Waals surface area (Å²) in [6, 6.07) is 5.25. The van der Waals surface area contributed by atoms with Crippen molar-refractivity contribution in [3.05, 3.63) is 29.3 Å². The van der Waals surface area contributed by atoms with Crippen molar-refractivity contribution >= 4 is 17.7 Å². The van der Waals surface area contributed by atoms with E-state index < -0.39 is 0 Å². The van der Waals surface area contributed by atoms with Gasteiger partial charge in [0.1, 0.15) is 0 Å². The van der Waals surface area contributed by atoms with Crippen LogP contribution < -0.4 is 10.2 Å². The third kappa shape index (κ3) is 2.86. The van der Waals surface area contributed by atoms with Gasteiger partial charge in [0.05, 0.1) is 12.2 Å². The summed E-state index contributed by atoms with van der Waals surface area (Å²) in [5.41, 5.74) is 2.29. The average molecular weight is 288 g/mol. The number of aryl methyl sites for hydroxylation is 1. The van der Waals surface area contributed by atoms with Gasteiger partial charge < -0.3 is 10.1 Å². The second-order valence-corrected chi connectivity index (χ2v) is 5.96. The molecule has 1 aromatic carbocycles. The number of carbonyl (C=O) groups excluding carboxylic acids is 2. The van der Waals surface area contributed by atoms with Gasteiger partial charge in [-0.2, -0.15) is 0 Å². The summed E-state index contributed by atoms with van der Waals surface area (Å²) in [7, 11) is 0. The van der Waals surface area contributed by atoms with Gasteiger partial charge in [-0.05, 0) is 48.9 Å². The Bertz CT molecular complexity index is 585. The molecule has 2 aliphatic rings. The van der Waals surface area contributed by atoms with Gasteiger partial charge in [-0.1, -0.05) is 6.92 Å². The first-order valence-corrected chi connectivity index (χ1v) is 7.39. The lowest BCUT2D eigenvalue weighted by molar-refractivity contribution is 0.0481. The minimum absolute atomic E-state index is 0.0869. The predicted molar refractivity (Wildman–Crippen MR) is 79.5 cm³/mol. The average Bonchev–Trinajstić information content (AvgIpc) is 3.00. The van der Waals surface area contributed by atoms with Crippen molar-refractivity contribution < 1.29 is 14.3 Å². The first-order valence-electron chi connectivity index (χ1n) is 7.39. The Morgan fingerprint density at radius 1 is 1.48 bits per heavy atom. The molecular weight excluding hydrogens is 268 g/mol. The molecule has 2 fully saturated rings. The van der Waals surface area contributed by atoms with Crippen molar-refractivity contribution in [2.75, 3.05) is 24.6 Å². The highest BCUT2D eigenvalue weighted by Crippen LogP contribution is 2.37. The van der Waals surface area contributed by atoms with Crippen molar-refractivity contribution in [2.24, 2.45) is 11.8 Å². The molecule has 0 unspecified atom stereocenters. The van der Waals surface area contributed by atoms with E-state index in [0.717, 1.165) is 17.7 Å². The zero-order chi connectivity index (χ0) is 15.0. The highest BCUT2D eigenvalue weighted by Gasteiger charge is 2.33. The third-order valence-corrected chi connectivity index (χ3v) is 4.28. The van der Waals surface area contributed by atoms with Crippen molar-refractivity contribution in [1.29, 1.82) is 0 Å². The van der Waals surface area contributed by atoms with Crippen LogP contribution in [-0.2, 0) is 4.74 Å². The van der Waals surface area contributed by atoms with Gasteiger partial charge in [0.15, 0.2) is 0 Å². The summed E-state index contributed by atoms with van der Waals surface area (Å²) < 4.78 is 5.33. The van der Waals surface area contributed by atoms with Crippen LogP contribution in [0.15, 0.2) is 18.2 Å². The lowest BCUT2D eigenvalue weighted by Gasteiger charge is -2.17. The monoisotopic (exact) mass is 288 g/mol. The molecule has 1 aliphatic heterocycles. The van der Waals surface area contributed by atoms with E-state index >= 15 is 0 Å². The van der Waals surface area contributed by atoms with E-state index in [2.05, 4.69) is 12.2 Å². The summed E-state index contributed by atoms with van der Waals surface area (Å²) in [5.74, 6) is 0.924. The topological polar surface area (TPSA) is 58.6 Å². The molecule has 112 valence electrons. The van der Waals surface area contributed by atoms with E-state index in [1.54, 1.807) is 17.0 Å². The van der Waals surface area contributed by atoms with Crippen LogP contribution in [0.4, 0.5) is 10.5 Å². The SMILES string of the molecule is Cc1cc(C(=O)OC[C@@H]2C[C@H]2C)ccc1N1CCNC1=O. The Balaban J connectivity index is 1.68. The first kappa shape index (κ1) is 13.9. The van der Waals surface area contributed by atoms with E-state index in [4.69, 9.17) is 4.74 Å². The highest BCUT2D eigenvalue weighted by atomic mass is 16.5. The number of anilines is 1. The molecule has 0 bridgehead atoms. The van der Waals surface area contributed by atoms with E-state index in [0.29, 0.717) is 37.1 Å². The third-order valence-electron chi connectivity index (χ3n) is 4.28. The number of rotatable bonds is 4. The van der Waals surface area contributed by atoms with Crippen LogP contribution in [0.5, 0.6) is 0 Å². The summed E-state index contributed by atoms with van der Waals surface area (Å²) in [6.07, 6.45) is 1.15. The molecule has 2 amide bonds.